The first-order valence-corrected chi connectivity index (χ1v) is 3.67. The third kappa shape index (κ3) is 1.80. The van der Waals surface area contributed by atoms with Gasteiger partial charge in [-0.05, 0) is 19.3 Å². The molecule has 1 nitrogen and oxygen atoms in total. The van der Waals surface area contributed by atoms with Crippen LogP contribution in [0.5, 0.6) is 0 Å². The molecule has 3 heteroatoms. The predicted molar refractivity (Wildman–Crippen MR) is 36.4 cm³/mol. The van der Waals surface area contributed by atoms with E-state index in [1.807, 2.05) is 0 Å². The second-order valence-corrected chi connectivity index (χ2v) is 3.15. The van der Waals surface area contributed by atoms with Gasteiger partial charge in [0.25, 0.3) is 0 Å². The highest BCUT2D eigenvalue weighted by atomic mass is 35.5. The van der Waals surface area contributed by atoms with Gasteiger partial charge in [-0.3, -0.25) is 0 Å². The van der Waals surface area contributed by atoms with E-state index in [9.17, 15) is 4.39 Å². The third-order valence-electron chi connectivity index (χ3n) is 1.75. The normalized spacial score (nSPS) is 45.0. The van der Waals surface area contributed by atoms with Crippen LogP contribution in [0.2, 0.25) is 0 Å². The van der Waals surface area contributed by atoms with Crippen molar-refractivity contribution in [1.29, 1.82) is 0 Å². The van der Waals surface area contributed by atoms with E-state index in [1.165, 1.54) is 0 Å². The van der Waals surface area contributed by atoms with Gasteiger partial charge in [0.05, 0.1) is 0 Å². The van der Waals surface area contributed by atoms with Crippen LogP contribution in [0.3, 0.4) is 0 Å². The Morgan fingerprint density at radius 3 is 2.56 bits per heavy atom. The first-order valence-electron chi connectivity index (χ1n) is 3.24. The van der Waals surface area contributed by atoms with Crippen molar-refractivity contribution < 1.29 is 4.39 Å². The lowest BCUT2D eigenvalue weighted by molar-refractivity contribution is 0.235. The summed E-state index contributed by atoms with van der Waals surface area (Å²) >= 11 is 5.74. The quantitative estimate of drug-likeness (QED) is 0.521. The fourth-order valence-corrected chi connectivity index (χ4v) is 1.34. The SMILES string of the molecule is NC1CC(F)CCC1Cl. The Balaban J connectivity index is 2.35. The van der Waals surface area contributed by atoms with Crippen LogP contribution in [-0.4, -0.2) is 17.6 Å². The van der Waals surface area contributed by atoms with Gasteiger partial charge in [-0.1, -0.05) is 0 Å². The molecule has 0 bridgehead atoms. The summed E-state index contributed by atoms with van der Waals surface area (Å²) in [4.78, 5) is 0. The highest BCUT2D eigenvalue weighted by Crippen LogP contribution is 2.23. The van der Waals surface area contributed by atoms with E-state index in [4.69, 9.17) is 17.3 Å². The molecule has 0 radical (unpaired) electrons. The molecule has 3 unspecified atom stereocenters. The maximum atomic E-state index is 12.5. The fourth-order valence-electron chi connectivity index (χ4n) is 1.11. The average molecular weight is 152 g/mol. The van der Waals surface area contributed by atoms with Crippen molar-refractivity contribution >= 4 is 11.6 Å². The molecule has 0 aromatic carbocycles. The number of hydrogen-bond donors (Lipinski definition) is 1. The van der Waals surface area contributed by atoms with Gasteiger partial charge in [0.2, 0.25) is 0 Å². The van der Waals surface area contributed by atoms with Crippen molar-refractivity contribution in [1.82, 2.24) is 0 Å². The highest BCUT2D eigenvalue weighted by Gasteiger charge is 2.25. The van der Waals surface area contributed by atoms with Crippen molar-refractivity contribution in [2.45, 2.75) is 36.9 Å². The highest BCUT2D eigenvalue weighted by molar-refractivity contribution is 6.21. The Morgan fingerprint density at radius 1 is 1.44 bits per heavy atom. The number of rotatable bonds is 0. The van der Waals surface area contributed by atoms with Gasteiger partial charge in [-0.15, -0.1) is 11.6 Å². The molecule has 0 aliphatic heterocycles. The summed E-state index contributed by atoms with van der Waals surface area (Å²) in [7, 11) is 0. The molecular weight excluding hydrogens is 141 g/mol. The van der Waals surface area contributed by atoms with Gasteiger partial charge in [-0.25, -0.2) is 4.39 Å². The summed E-state index contributed by atoms with van der Waals surface area (Å²) in [5.41, 5.74) is 5.50. The summed E-state index contributed by atoms with van der Waals surface area (Å²) in [5.74, 6) is 0. The topological polar surface area (TPSA) is 26.0 Å². The first kappa shape index (κ1) is 7.29. The van der Waals surface area contributed by atoms with Crippen molar-refractivity contribution in [3.05, 3.63) is 0 Å². The number of hydrogen-bond acceptors (Lipinski definition) is 1. The second kappa shape index (κ2) is 2.84. The molecule has 1 fully saturated rings. The summed E-state index contributed by atoms with van der Waals surface area (Å²) in [5, 5.41) is -0.00278. The maximum Gasteiger partial charge on any atom is 0.102 e. The van der Waals surface area contributed by atoms with Crippen LogP contribution in [0.1, 0.15) is 19.3 Å². The molecule has 1 aliphatic rings. The van der Waals surface area contributed by atoms with Gasteiger partial charge in [0.1, 0.15) is 6.17 Å². The molecule has 0 spiro atoms. The van der Waals surface area contributed by atoms with Crippen molar-refractivity contribution in [2.75, 3.05) is 0 Å². The summed E-state index contributed by atoms with van der Waals surface area (Å²) in [6, 6.07) is -0.129. The minimum Gasteiger partial charge on any atom is -0.326 e. The van der Waals surface area contributed by atoms with Gasteiger partial charge in [0, 0.05) is 11.4 Å². The van der Waals surface area contributed by atoms with Crippen LogP contribution in [0.15, 0.2) is 0 Å². The fraction of sp³-hybridized carbons (Fsp3) is 1.00. The summed E-state index contributed by atoms with van der Waals surface area (Å²) in [6.45, 7) is 0. The van der Waals surface area contributed by atoms with Crippen molar-refractivity contribution in [3.8, 4) is 0 Å². The zero-order chi connectivity index (χ0) is 6.85. The minimum absolute atomic E-state index is 0.00278. The number of halogens is 2. The van der Waals surface area contributed by atoms with Crippen LogP contribution in [0.25, 0.3) is 0 Å². The second-order valence-electron chi connectivity index (χ2n) is 2.59. The lowest BCUT2D eigenvalue weighted by Gasteiger charge is -2.25. The van der Waals surface area contributed by atoms with E-state index >= 15 is 0 Å². The summed E-state index contributed by atoms with van der Waals surface area (Å²) < 4.78 is 12.5. The lowest BCUT2D eigenvalue weighted by atomic mass is 9.94. The Bertz CT molecular complexity index is 99.1. The molecule has 0 amide bonds. The minimum atomic E-state index is -0.713. The van der Waals surface area contributed by atoms with Gasteiger partial charge in [0.15, 0.2) is 0 Å². The van der Waals surface area contributed by atoms with E-state index in [1.54, 1.807) is 0 Å². The lowest BCUT2D eigenvalue weighted by Crippen LogP contribution is -2.37. The van der Waals surface area contributed by atoms with E-state index in [0.29, 0.717) is 12.8 Å². The Kier molecular flexibility index (Phi) is 2.30. The average Bonchev–Trinajstić information content (AvgIpc) is 1.80. The van der Waals surface area contributed by atoms with Gasteiger partial charge >= 0.3 is 0 Å². The predicted octanol–water partition coefficient (Wildman–Crippen LogP) is 1.44. The van der Waals surface area contributed by atoms with E-state index in [-0.39, 0.29) is 11.4 Å². The standard InChI is InChI=1S/C6H11ClFN/c7-5-2-1-4(8)3-6(5)9/h4-6H,1-3,9H2. The smallest absolute Gasteiger partial charge is 0.102 e. The Morgan fingerprint density at radius 2 is 2.11 bits per heavy atom. The third-order valence-corrected chi connectivity index (χ3v) is 2.29. The summed E-state index contributed by atoms with van der Waals surface area (Å²) in [6.07, 6.45) is 1.04. The first-order chi connectivity index (χ1) is 4.20. The molecule has 3 atom stereocenters. The molecule has 9 heavy (non-hydrogen) atoms. The van der Waals surface area contributed by atoms with E-state index in [2.05, 4.69) is 0 Å². The zero-order valence-electron chi connectivity index (χ0n) is 5.19. The van der Waals surface area contributed by atoms with Crippen LogP contribution in [0, 0.1) is 0 Å². The zero-order valence-corrected chi connectivity index (χ0v) is 5.94. The molecule has 2 N–H and O–H groups in total. The van der Waals surface area contributed by atoms with Gasteiger partial charge < -0.3 is 5.73 Å². The number of nitrogens with two attached hydrogens (primary N) is 1. The van der Waals surface area contributed by atoms with Crippen LogP contribution in [-0.2, 0) is 0 Å². The number of alkyl halides is 2. The van der Waals surface area contributed by atoms with E-state index < -0.39 is 6.17 Å². The molecule has 0 heterocycles. The van der Waals surface area contributed by atoms with Crippen molar-refractivity contribution in [2.24, 2.45) is 5.73 Å². The van der Waals surface area contributed by atoms with Gasteiger partial charge in [-0.2, -0.15) is 0 Å². The molecule has 54 valence electrons. The molecular formula is C6H11ClFN. The van der Waals surface area contributed by atoms with Crippen molar-refractivity contribution in [3.63, 3.8) is 0 Å². The van der Waals surface area contributed by atoms with Crippen LogP contribution < -0.4 is 5.73 Å². The molecule has 0 saturated heterocycles. The molecule has 1 saturated carbocycles. The molecule has 1 aliphatic carbocycles. The van der Waals surface area contributed by atoms with E-state index in [0.717, 1.165) is 6.42 Å². The Labute approximate surface area is 59.4 Å². The molecule has 0 aromatic rings. The van der Waals surface area contributed by atoms with Crippen LogP contribution in [0.4, 0.5) is 4.39 Å². The monoisotopic (exact) mass is 151 g/mol. The van der Waals surface area contributed by atoms with Crippen LogP contribution >= 0.6 is 11.6 Å². The molecule has 1 rings (SSSR count). The molecule has 0 aromatic heterocycles. The Hall–Kier alpha value is 0.180. The largest absolute Gasteiger partial charge is 0.326 e. The maximum absolute atomic E-state index is 12.5.